The van der Waals surface area contributed by atoms with Crippen LogP contribution in [0.5, 0.6) is 0 Å². The Hall–Kier alpha value is -0.330. The molecule has 0 aliphatic heterocycles. The average molecular weight is 297 g/mol. The second kappa shape index (κ2) is 16.0. The lowest BCUT2D eigenvalue weighted by Crippen LogP contribution is -2.09. The number of ketones is 1. The van der Waals surface area contributed by atoms with E-state index >= 15 is 0 Å². The standard InChI is InChI=1S/C20H40O/c1-4-6-7-8-9-10-11-12-13-14-15-16-17-18-20(5-2)19(3)21/h20H,4-18H2,1-3H3. The van der Waals surface area contributed by atoms with Crippen LogP contribution >= 0.6 is 0 Å². The number of unbranched alkanes of at least 4 members (excludes halogenated alkanes) is 12. The molecule has 1 nitrogen and oxygen atoms in total. The van der Waals surface area contributed by atoms with E-state index in [0.29, 0.717) is 11.7 Å². The maximum absolute atomic E-state index is 11.3. The van der Waals surface area contributed by atoms with Gasteiger partial charge in [-0.1, -0.05) is 97.3 Å². The molecule has 0 aromatic heterocycles. The van der Waals surface area contributed by atoms with Crippen LogP contribution in [0.15, 0.2) is 0 Å². The summed E-state index contributed by atoms with van der Waals surface area (Å²) in [6.07, 6.45) is 20.3. The number of Topliss-reactive ketones (excluding diaryl/α,β-unsaturated/α-hetero) is 1. The zero-order valence-corrected chi connectivity index (χ0v) is 15.1. The van der Waals surface area contributed by atoms with Gasteiger partial charge in [0, 0.05) is 5.92 Å². The lowest BCUT2D eigenvalue weighted by atomic mass is 9.94. The molecule has 21 heavy (non-hydrogen) atoms. The minimum Gasteiger partial charge on any atom is -0.300 e. The second-order valence-electron chi connectivity index (χ2n) is 6.75. The molecular formula is C20H40O. The van der Waals surface area contributed by atoms with Crippen LogP contribution in [-0.2, 0) is 4.79 Å². The quantitative estimate of drug-likeness (QED) is 0.278. The van der Waals surface area contributed by atoms with E-state index in [1.165, 1.54) is 83.5 Å². The molecule has 1 atom stereocenters. The van der Waals surface area contributed by atoms with Crippen LogP contribution in [0.3, 0.4) is 0 Å². The summed E-state index contributed by atoms with van der Waals surface area (Å²) in [5.41, 5.74) is 0. The molecule has 0 radical (unpaired) electrons. The van der Waals surface area contributed by atoms with Crippen LogP contribution < -0.4 is 0 Å². The minimum atomic E-state index is 0.331. The molecule has 0 aromatic carbocycles. The molecule has 0 spiro atoms. The number of carbonyl (C=O) groups excluding carboxylic acids is 1. The highest BCUT2D eigenvalue weighted by atomic mass is 16.1. The molecule has 0 bridgehead atoms. The Labute approximate surface area is 134 Å². The van der Waals surface area contributed by atoms with Gasteiger partial charge < -0.3 is 0 Å². The van der Waals surface area contributed by atoms with Crippen LogP contribution in [-0.4, -0.2) is 5.78 Å². The molecule has 0 N–H and O–H groups in total. The third-order valence-corrected chi connectivity index (χ3v) is 4.72. The largest absolute Gasteiger partial charge is 0.300 e. The van der Waals surface area contributed by atoms with Gasteiger partial charge in [0.05, 0.1) is 0 Å². The molecule has 0 aliphatic rings. The summed E-state index contributed by atoms with van der Waals surface area (Å²) >= 11 is 0. The first-order valence-corrected chi connectivity index (χ1v) is 9.72. The van der Waals surface area contributed by atoms with Gasteiger partial charge in [-0.25, -0.2) is 0 Å². The smallest absolute Gasteiger partial charge is 0.132 e. The summed E-state index contributed by atoms with van der Waals surface area (Å²) in [6, 6.07) is 0. The van der Waals surface area contributed by atoms with E-state index in [1.54, 1.807) is 6.92 Å². The van der Waals surface area contributed by atoms with Crippen LogP contribution in [0.2, 0.25) is 0 Å². The van der Waals surface area contributed by atoms with Gasteiger partial charge in [0.25, 0.3) is 0 Å². The Kier molecular flexibility index (Phi) is 15.8. The number of hydrogen-bond acceptors (Lipinski definition) is 1. The summed E-state index contributed by atoms with van der Waals surface area (Å²) < 4.78 is 0. The third kappa shape index (κ3) is 14.4. The number of carbonyl (C=O) groups is 1. The lowest BCUT2D eigenvalue weighted by Gasteiger charge is -2.10. The van der Waals surface area contributed by atoms with Crippen molar-refractivity contribution in [1.29, 1.82) is 0 Å². The zero-order valence-electron chi connectivity index (χ0n) is 15.1. The maximum atomic E-state index is 11.3. The van der Waals surface area contributed by atoms with Crippen molar-refractivity contribution in [1.82, 2.24) is 0 Å². The number of hydrogen-bond donors (Lipinski definition) is 0. The Balaban J connectivity index is 3.14. The average Bonchev–Trinajstić information content (AvgIpc) is 2.47. The van der Waals surface area contributed by atoms with Crippen molar-refractivity contribution in [2.24, 2.45) is 5.92 Å². The molecule has 1 unspecified atom stereocenters. The van der Waals surface area contributed by atoms with Gasteiger partial charge in [0.15, 0.2) is 0 Å². The summed E-state index contributed by atoms with van der Waals surface area (Å²) in [5, 5.41) is 0. The highest BCUT2D eigenvalue weighted by Crippen LogP contribution is 2.16. The summed E-state index contributed by atoms with van der Waals surface area (Å²) in [4.78, 5) is 11.3. The molecule has 126 valence electrons. The lowest BCUT2D eigenvalue weighted by molar-refractivity contribution is -0.121. The Bertz CT molecular complexity index is 222. The Morgan fingerprint density at radius 1 is 0.667 bits per heavy atom. The monoisotopic (exact) mass is 296 g/mol. The molecule has 0 fully saturated rings. The molecule has 0 aromatic rings. The molecule has 1 heteroatoms. The van der Waals surface area contributed by atoms with Crippen LogP contribution in [0, 0.1) is 5.92 Å². The van der Waals surface area contributed by atoms with E-state index in [-0.39, 0.29) is 0 Å². The summed E-state index contributed by atoms with van der Waals surface area (Å²) in [5.74, 6) is 0.717. The minimum absolute atomic E-state index is 0.331. The fraction of sp³-hybridized carbons (Fsp3) is 0.950. The SMILES string of the molecule is CCCCCCCCCCCCCCCC(CC)C(C)=O. The van der Waals surface area contributed by atoms with Gasteiger partial charge in [-0.15, -0.1) is 0 Å². The van der Waals surface area contributed by atoms with Crippen molar-refractivity contribution in [3.8, 4) is 0 Å². The van der Waals surface area contributed by atoms with E-state index in [1.807, 2.05) is 0 Å². The highest BCUT2D eigenvalue weighted by Gasteiger charge is 2.10. The number of rotatable bonds is 16. The Morgan fingerprint density at radius 3 is 1.38 bits per heavy atom. The van der Waals surface area contributed by atoms with E-state index in [9.17, 15) is 4.79 Å². The highest BCUT2D eigenvalue weighted by molar-refractivity contribution is 5.78. The predicted molar refractivity (Wildman–Crippen MR) is 94.8 cm³/mol. The van der Waals surface area contributed by atoms with Crippen molar-refractivity contribution in [3.05, 3.63) is 0 Å². The molecule has 0 heterocycles. The first kappa shape index (κ1) is 20.7. The van der Waals surface area contributed by atoms with Crippen molar-refractivity contribution >= 4 is 5.78 Å². The van der Waals surface area contributed by atoms with Gasteiger partial charge in [0.1, 0.15) is 5.78 Å². The van der Waals surface area contributed by atoms with E-state index < -0.39 is 0 Å². The van der Waals surface area contributed by atoms with Gasteiger partial charge in [-0.2, -0.15) is 0 Å². The van der Waals surface area contributed by atoms with Crippen molar-refractivity contribution in [2.75, 3.05) is 0 Å². The first-order chi connectivity index (χ1) is 10.2. The molecular weight excluding hydrogens is 256 g/mol. The molecule has 0 amide bonds. The summed E-state index contributed by atoms with van der Waals surface area (Å²) in [7, 11) is 0. The van der Waals surface area contributed by atoms with E-state index in [2.05, 4.69) is 13.8 Å². The third-order valence-electron chi connectivity index (χ3n) is 4.72. The van der Waals surface area contributed by atoms with Gasteiger partial charge in [-0.05, 0) is 19.8 Å². The van der Waals surface area contributed by atoms with Gasteiger partial charge >= 0.3 is 0 Å². The van der Waals surface area contributed by atoms with E-state index in [4.69, 9.17) is 0 Å². The topological polar surface area (TPSA) is 17.1 Å². The molecule has 0 saturated carbocycles. The Morgan fingerprint density at radius 2 is 1.05 bits per heavy atom. The normalized spacial score (nSPS) is 12.5. The molecule has 0 aliphatic carbocycles. The summed E-state index contributed by atoms with van der Waals surface area (Å²) in [6.45, 7) is 6.16. The first-order valence-electron chi connectivity index (χ1n) is 9.72. The van der Waals surface area contributed by atoms with Crippen LogP contribution in [0.1, 0.15) is 117 Å². The van der Waals surface area contributed by atoms with Gasteiger partial charge in [0.2, 0.25) is 0 Å². The van der Waals surface area contributed by atoms with Crippen LogP contribution in [0.4, 0.5) is 0 Å². The predicted octanol–water partition coefficient (Wildman–Crippen LogP) is 7.08. The van der Waals surface area contributed by atoms with Crippen molar-refractivity contribution < 1.29 is 4.79 Å². The maximum Gasteiger partial charge on any atom is 0.132 e. The van der Waals surface area contributed by atoms with E-state index in [0.717, 1.165) is 12.8 Å². The zero-order chi connectivity index (χ0) is 15.8. The van der Waals surface area contributed by atoms with Crippen LogP contribution in [0.25, 0.3) is 0 Å². The van der Waals surface area contributed by atoms with Crippen molar-refractivity contribution in [3.63, 3.8) is 0 Å². The fourth-order valence-electron chi connectivity index (χ4n) is 3.10. The van der Waals surface area contributed by atoms with Gasteiger partial charge in [-0.3, -0.25) is 4.79 Å². The van der Waals surface area contributed by atoms with Crippen molar-refractivity contribution in [2.45, 2.75) is 117 Å². The molecule has 0 saturated heterocycles. The second-order valence-corrected chi connectivity index (χ2v) is 6.75. The fourth-order valence-corrected chi connectivity index (χ4v) is 3.10. The molecule has 0 rings (SSSR count).